The molecule has 136 valence electrons. The van der Waals surface area contributed by atoms with Gasteiger partial charge in [-0.2, -0.15) is 0 Å². The molecule has 3 amide bonds. The summed E-state index contributed by atoms with van der Waals surface area (Å²) in [6, 6.07) is 6.19. The molecular formula is C20H23N3O3. The lowest BCUT2D eigenvalue weighted by Crippen LogP contribution is -2.42. The number of hydrogen-bond acceptors (Lipinski definition) is 3. The van der Waals surface area contributed by atoms with Crippen LogP contribution >= 0.6 is 0 Å². The molecule has 1 saturated carbocycles. The molecule has 6 nitrogen and oxygen atoms in total. The Labute approximate surface area is 152 Å². The van der Waals surface area contributed by atoms with Crippen LogP contribution in [0.3, 0.4) is 0 Å². The molecule has 2 bridgehead atoms. The molecular weight excluding hydrogens is 330 g/mol. The van der Waals surface area contributed by atoms with Crippen molar-refractivity contribution in [3.8, 4) is 0 Å². The van der Waals surface area contributed by atoms with Crippen molar-refractivity contribution < 1.29 is 14.4 Å². The van der Waals surface area contributed by atoms with Gasteiger partial charge in [-0.25, -0.2) is 0 Å². The number of carbonyl (C=O) groups excluding carboxylic acids is 3. The second-order valence-corrected chi connectivity index (χ2v) is 7.44. The number of fused-ring (bicyclic) bond motifs is 3. The van der Waals surface area contributed by atoms with Crippen molar-refractivity contribution in [2.75, 3.05) is 11.9 Å². The van der Waals surface area contributed by atoms with Gasteiger partial charge in [0.25, 0.3) is 5.91 Å². The quantitative estimate of drug-likeness (QED) is 0.706. The molecule has 0 saturated heterocycles. The molecule has 0 radical (unpaired) electrons. The van der Waals surface area contributed by atoms with Crippen LogP contribution in [0, 0.1) is 17.8 Å². The molecule has 3 aliphatic rings. The second-order valence-electron chi connectivity index (χ2n) is 7.44. The van der Waals surface area contributed by atoms with Gasteiger partial charge in [0.15, 0.2) is 0 Å². The zero-order valence-corrected chi connectivity index (χ0v) is 14.5. The first-order valence-corrected chi connectivity index (χ1v) is 9.26. The minimum Gasteiger partial charge on any atom is -0.356 e. The molecule has 1 heterocycles. The number of carbonyl (C=O) groups is 3. The van der Waals surface area contributed by atoms with E-state index in [1.54, 1.807) is 24.3 Å². The fourth-order valence-corrected chi connectivity index (χ4v) is 4.25. The van der Waals surface area contributed by atoms with Crippen molar-refractivity contribution in [1.82, 2.24) is 10.6 Å². The molecule has 1 aliphatic heterocycles. The van der Waals surface area contributed by atoms with E-state index in [1.165, 1.54) is 6.42 Å². The van der Waals surface area contributed by atoms with Crippen LogP contribution in [0.1, 0.15) is 36.0 Å². The maximum atomic E-state index is 12.3. The van der Waals surface area contributed by atoms with E-state index in [0.29, 0.717) is 35.5 Å². The number of allylic oxidation sites excluding steroid dienone is 2. The summed E-state index contributed by atoms with van der Waals surface area (Å²) in [4.78, 5) is 36.8. The number of hydrogen-bond donors (Lipinski definition) is 3. The van der Waals surface area contributed by atoms with Gasteiger partial charge < -0.3 is 16.0 Å². The fourth-order valence-electron chi connectivity index (χ4n) is 4.25. The Morgan fingerprint density at radius 1 is 1.15 bits per heavy atom. The Morgan fingerprint density at radius 2 is 2.00 bits per heavy atom. The van der Waals surface area contributed by atoms with E-state index in [4.69, 9.17) is 0 Å². The van der Waals surface area contributed by atoms with Crippen molar-refractivity contribution in [3.05, 3.63) is 42.0 Å². The Bertz CT molecular complexity index is 773. The standard InChI is InChI=1S/C20H23N3O3/c24-18(21-11-14-10-12-5-6-13(14)9-12)8-7-17-20(26)22-16-4-2-1-3-15(16)19(25)23-17/h1-6,12-14,17H,7-11H2,(H,21,24)(H,22,26)(H,23,25)/t12?,13?,14?,17-/m1/s1. The minimum atomic E-state index is -0.703. The first-order chi connectivity index (χ1) is 12.6. The topological polar surface area (TPSA) is 87.3 Å². The largest absolute Gasteiger partial charge is 0.356 e. The molecule has 2 aliphatic carbocycles. The highest BCUT2D eigenvalue weighted by molar-refractivity contribution is 6.09. The van der Waals surface area contributed by atoms with Gasteiger partial charge >= 0.3 is 0 Å². The van der Waals surface area contributed by atoms with E-state index >= 15 is 0 Å². The van der Waals surface area contributed by atoms with Crippen molar-refractivity contribution in [1.29, 1.82) is 0 Å². The van der Waals surface area contributed by atoms with E-state index in [0.717, 1.165) is 6.42 Å². The summed E-state index contributed by atoms with van der Waals surface area (Å²) in [5, 5.41) is 8.47. The maximum Gasteiger partial charge on any atom is 0.254 e. The first-order valence-electron chi connectivity index (χ1n) is 9.26. The summed E-state index contributed by atoms with van der Waals surface area (Å²) in [5.41, 5.74) is 0.948. The number of benzene rings is 1. The van der Waals surface area contributed by atoms with Gasteiger partial charge in [-0.3, -0.25) is 14.4 Å². The molecule has 6 heteroatoms. The predicted octanol–water partition coefficient (Wildman–Crippen LogP) is 1.85. The van der Waals surface area contributed by atoms with Crippen LogP contribution in [0.2, 0.25) is 0 Å². The van der Waals surface area contributed by atoms with Crippen LogP contribution in [0.5, 0.6) is 0 Å². The number of para-hydroxylation sites is 1. The highest BCUT2D eigenvalue weighted by Gasteiger charge is 2.35. The third-order valence-corrected chi connectivity index (χ3v) is 5.69. The first kappa shape index (κ1) is 16.8. The molecule has 4 rings (SSSR count). The van der Waals surface area contributed by atoms with Crippen LogP contribution in [-0.2, 0) is 9.59 Å². The molecule has 4 atom stereocenters. The lowest BCUT2D eigenvalue weighted by Gasteiger charge is -2.19. The van der Waals surface area contributed by atoms with Gasteiger partial charge in [-0.05, 0) is 49.1 Å². The SMILES string of the molecule is O=C(CC[C@H]1NC(=O)c2ccccc2NC1=O)NCC1CC2C=CC1C2. The van der Waals surface area contributed by atoms with Crippen LogP contribution < -0.4 is 16.0 Å². The van der Waals surface area contributed by atoms with Crippen molar-refractivity contribution >= 4 is 23.4 Å². The lowest BCUT2D eigenvalue weighted by molar-refractivity contribution is -0.122. The Kier molecular flexibility index (Phi) is 4.49. The summed E-state index contributed by atoms with van der Waals surface area (Å²) in [6.45, 7) is 0.693. The van der Waals surface area contributed by atoms with E-state index in [-0.39, 0.29) is 30.6 Å². The van der Waals surface area contributed by atoms with Crippen molar-refractivity contribution in [2.24, 2.45) is 17.8 Å². The normalized spacial score (nSPS) is 28.9. The van der Waals surface area contributed by atoms with E-state index < -0.39 is 6.04 Å². The maximum absolute atomic E-state index is 12.3. The zero-order valence-electron chi connectivity index (χ0n) is 14.5. The second kappa shape index (κ2) is 6.94. The lowest BCUT2D eigenvalue weighted by atomic mass is 9.93. The average molecular weight is 353 g/mol. The van der Waals surface area contributed by atoms with E-state index in [1.807, 2.05) is 0 Å². The summed E-state index contributed by atoms with van der Waals surface area (Å²) < 4.78 is 0. The van der Waals surface area contributed by atoms with Gasteiger partial charge in [0.1, 0.15) is 6.04 Å². The number of rotatable bonds is 5. The summed E-state index contributed by atoms with van der Waals surface area (Å²) in [6.07, 6.45) is 7.43. The summed E-state index contributed by atoms with van der Waals surface area (Å²) in [5.74, 6) is 1.18. The average Bonchev–Trinajstić information content (AvgIpc) is 3.23. The molecule has 1 fully saturated rings. The molecule has 3 unspecified atom stereocenters. The van der Waals surface area contributed by atoms with E-state index in [2.05, 4.69) is 28.1 Å². The van der Waals surface area contributed by atoms with Crippen molar-refractivity contribution in [2.45, 2.75) is 31.7 Å². The monoisotopic (exact) mass is 353 g/mol. The summed E-state index contributed by atoms with van der Waals surface area (Å²) >= 11 is 0. The van der Waals surface area contributed by atoms with Gasteiger partial charge in [0, 0.05) is 13.0 Å². The Balaban J connectivity index is 1.27. The molecule has 0 aromatic heterocycles. The van der Waals surface area contributed by atoms with Crippen LogP contribution in [-0.4, -0.2) is 30.3 Å². The van der Waals surface area contributed by atoms with Crippen LogP contribution in [0.4, 0.5) is 5.69 Å². The van der Waals surface area contributed by atoms with Gasteiger partial charge in [-0.1, -0.05) is 24.3 Å². The van der Waals surface area contributed by atoms with E-state index in [9.17, 15) is 14.4 Å². The molecule has 26 heavy (non-hydrogen) atoms. The number of nitrogens with one attached hydrogen (secondary N) is 3. The van der Waals surface area contributed by atoms with Gasteiger partial charge in [-0.15, -0.1) is 0 Å². The Hall–Kier alpha value is -2.63. The highest BCUT2D eigenvalue weighted by Crippen LogP contribution is 2.42. The Morgan fingerprint density at radius 3 is 2.77 bits per heavy atom. The summed E-state index contributed by atoms with van der Waals surface area (Å²) in [7, 11) is 0. The molecule has 3 N–H and O–H groups in total. The predicted molar refractivity (Wildman–Crippen MR) is 97.4 cm³/mol. The number of amides is 3. The zero-order chi connectivity index (χ0) is 18.1. The number of anilines is 1. The molecule has 1 aromatic carbocycles. The third kappa shape index (κ3) is 3.36. The van der Waals surface area contributed by atoms with Crippen LogP contribution in [0.15, 0.2) is 36.4 Å². The van der Waals surface area contributed by atoms with Crippen molar-refractivity contribution in [3.63, 3.8) is 0 Å². The van der Waals surface area contributed by atoms with Gasteiger partial charge in [0.2, 0.25) is 11.8 Å². The van der Waals surface area contributed by atoms with Crippen LogP contribution in [0.25, 0.3) is 0 Å². The molecule has 0 spiro atoms. The highest BCUT2D eigenvalue weighted by atomic mass is 16.2. The minimum absolute atomic E-state index is 0.0689. The smallest absolute Gasteiger partial charge is 0.254 e. The third-order valence-electron chi connectivity index (χ3n) is 5.69. The fraction of sp³-hybridized carbons (Fsp3) is 0.450. The molecule has 1 aromatic rings. The van der Waals surface area contributed by atoms with Gasteiger partial charge in [0.05, 0.1) is 11.3 Å².